The van der Waals surface area contributed by atoms with Crippen LogP contribution in [0.15, 0.2) is 18.2 Å². The summed E-state index contributed by atoms with van der Waals surface area (Å²) in [5, 5.41) is 0.352. The standard InChI is InChI=1S/C14H21NO2S/c1-17-14-8-7-12(15)9-11(14)10-18(16)13-5-3-2-4-6-13/h7-9,13H,2-6,10,15H2,1H3. The molecule has 1 unspecified atom stereocenters. The summed E-state index contributed by atoms with van der Waals surface area (Å²) in [6.45, 7) is 0. The molecule has 2 N–H and O–H groups in total. The SMILES string of the molecule is COc1ccc(N)cc1CS(=O)C1CCCCC1. The van der Waals surface area contributed by atoms with Gasteiger partial charge in [-0.1, -0.05) is 19.3 Å². The van der Waals surface area contributed by atoms with E-state index in [2.05, 4.69) is 0 Å². The van der Waals surface area contributed by atoms with E-state index in [4.69, 9.17) is 10.5 Å². The summed E-state index contributed by atoms with van der Waals surface area (Å²) in [5.41, 5.74) is 7.44. The molecule has 100 valence electrons. The molecule has 0 spiro atoms. The number of hydrogen-bond acceptors (Lipinski definition) is 3. The summed E-state index contributed by atoms with van der Waals surface area (Å²) in [4.78, 5) is 0. The van der Waals surface area contributed by atoms with E-state index in [1.807, 2.05) is 18.2 Å². The first-order valence-corrected chi connectivity index (χ1v) is 7.88. The lowest BCUT2D eigenvalue weighted by atomic mass is 10.0. The minimum atomic E-state index is -0.813. The van der Waals surface area contributed by atoms with Crippen molar-refractivity contribution in [2.45, 2.75) is 43.1 Å². The van der Waals surface area contributed by atoms with Crippen molar-refractivity contribution < 1.29 is 8.95 Å². The Kier molecular flexibility index (Phi) is 4.64. The second-order valence-electron chi connectivity index (χ2n) is 4.86. The van der Waals surface area contributed by atoms with Gasteiger partial charge in [0, 0.05) is 27.3 Å². The minimum Gasteiger partial charge on any atom is -0.496 e. The number of nitrogen functional groups attached to an aromatic ring is 1. The number of hydrogen-bond donors (Lipinski definition) is 1. The van der Waals surface area contributed by atoms with Crippen LogP contribution in [-0.4, -0.2) is 16.6 Å². The first-order valence-electron chi connectivity index (χ1n) is 6.50. The molecule has 0 heterocycles. The normalized spacial score (nSPS) is 18.5. The second kappa shape index (κ2) is 6.23. The molecule has 0 aromatic heterocycles. The molecule has 3 nitrogen and oxygen atoms in total. The fourth-order valence-corrected chi connectivity index (χ4v) is 4.14. The van der Waals surface area contributed by atoms with E-state index in [-0.39, 0.29) is 0 Å². The van der Waals surface area contributed by atoms with Crippen molar-refractivity contribution in [3.63, 3.8) is 0 Å². The van der Waals surface area contributed by atoms with Crippen LogP contribution < -0.4 is 10.5 Å². The van der Waals surface area contributed by atoms with Crippen molar-refractivity contribution >= 4 is 16.5 Å². The van der Waals surface area contributed by atoms with Crippen LogP contribution in [0.1, 0.15) is 37.7 Å². The van der Waals surface area contributed by atoms with Crippen molar-refractivity contribution in [3.05, 3.63) is 23.8 Å². The highest BCUT2D eigenvalue weighted by atomic mass is 32.2. The Hall–Kier alpha value is -1.03. The Morgan fingerprint density at radius 3 is 2.72 bits per heavy atom. The molecule has 1 aliphatic rings. The Balaban J connectivity index is 2.07. The number of methoxy groups -OCH3 is 1. The highest BCUT2D eigenvalue weighted by Crippen LogP contribution is 2.27. The van der Waals surface area contributed by atoms with E-state index in [0.29, 0.717) is 16.7 Å². The summed E-state index contributed by atoms with van der Waals surface area (Å²) in [6, 6.07) is 5.54. The molecular weight excluding hydrogens is 246 g/mol. The average molecular weight is 267 g/mol. The van der Waals surface area contributed by atoms with Gasteiger partial charge in [0.2, 0.25) is 0 Å². The molecule has 0 saturated heterocycles. The summed E-state index contributed by atoms with van der Waals surface area (Å²) < 4.78 is 17.7. The second-order valence-corrected chi connectivity index (χ2v) is 6.57. The Morgan fingerprint density at radius 2 is 2.06 bits per heavy atom. The highest BCUT2D eigenvalue weighted by molar-refractivity contribution is 7.84. The van der Waals surface area contributed by atoms with Gasteiger partial charge in [0.05, 0.1) is 12.9 Å². The van der Waals surface area contributed by atoms with Crippen molar-refractivity contribution in [2.75, 3.05) is 12.8 Å². The van der Waals surface area contributed by atoms with E-state index >= 15 is 0 Å². The highest BCUT2D eigenvalue weighted by Gasteiger charge is 2.20. The molecule has 1 aliphatic carbocycles. The van der Waals surface area contributed by atoms with E-state index in [1.165, 1.54) is 19.3 Å². The molecule has 1 fully saturated rings. The van der Waals surface area contributed by atoms with Crippen LogP contribution in [0.4, 0.5) is 5.69 Å². The molecule has 4 heteroatoms. The first kappa shape index (κ1) is 13.4. The molecule has 1 aromatic carbocycles. The van der Waals surface area contributed by atoms with E-state index in [1.54, 1.807) is 7.11 Å². The van der Waals surface area contributed by atoms with Gasteiger partial charge in [-0.2, -0.15) is 0 Å². The van der Waals surface area contributed by atoms with Crippen molar-refractivity contribution in [3.8, 4) is 5.75 Å². The monoisotopic (exact) mass is 267 g/mol. The number of ether oxygens (including phenoxy) is 1. The molecule has 0 aliphatic heterocycles. The smallest absolute Gasteiger partial charge is 0.123 e. The Bertz CT molecular complexity index is 428. The maximum absolute atomic E-state index is 12.4. The predicted octanol–water partition coefficient (Wildman–Crippen LogP) is 2.86. The van der Waals surface area contributed by atoms with E-state index in [9.17, 15) is 4.21 Å². The largest absolute Gasteiger partial charge is 0.496 e. The van der Waals surface area contributed by atoms with Crippen LogP contribution in [0.2, 0.25) is 0 Å². The van der Waals surface area contributed by atoms with Crippen LogP contribution in [-0.2, 0) is 16.6 Å². The third-order valence-electron chi connectivity index (χ3n) is 3.53. The molecule has 0 bridgehead atoms. The quantitative estimate of drug-likeness (QED) is 0.853. The predicted molar refractivity (Wildman–Crippen MR) is 76.1 cm³/mol. The Morgan fingerprint density at radius 1 is 1.33 bits per heavy atom. The molecule has 0 amide bonds. The minimum absolute atomic E-state index is 0.352. The van der Waals surface area contributed by atoms with Gasteiger partial charge in [0.1, 0.15) is 5.75 Å². The van der Waals surface area contributed by atoms with Gasteiger partial charge in [0.15, 0.2) is 0 Å². The first-order chi connectivity index (χ1) is 8.70. The van der Waals surface area contributed by atoms with Crippen molar-refractivity contribution in [1.82, 2.24) is 0 Å². The third-order valence-corrected chi connectivity index (χ3v) is 5.34. The molecule has 0 radical (unpaired) electrons. The zero-order chi connectivity index (χ0) is 13.0. The van der Waals surface area contributed by atoms with Gasteiger partial charge in [-0.15, -0.1) is 0 Å². The van der Waals surface area contributed by atoms with Crippen LogP contribution >= 0.6 is 0 Å². The molecule has 2 rings (SSSR count). The number of nitrogens with two attached hydrogens (primary N) is 1. The summed E-state index contributed by atoms with van der Waals surface area (Å²) in [6.07, 6.45) is 5.90. The fourth-order valence-electron chi connectivity index (χ4n) is 2.51. The van der Waals surface area contributed by atoms with Crippen LogP contribution in [0.25, 0.3) is 0 Å². The maximum atomic E-state index is 12.4. The lowest BCUT2D eigenvalue weighted by molar-refractivity contribution is 0.411. The average Bonchev–Trinajstić information content (AvgIpc) is 2.40. The lowest BCUT2D eigenvalue weighted by Gasteiger charge is -2.21. The van der Waals surface area contributed by atoms with E-state index in [0.717, 1.165) is 24.2 Å². The summed E-state index contributed by atoms with van der Waals surface area (Å²) >= 11 is 0. The molecule has 18 heavy (non-hydrogen) atoms. The number of benzene rings is 1. The summed E-state index contributed by atoms with van der Waals surface area (Å²) in [7, 11) is 0.824. The molecule has 1 atom stereocenters. The van der Waals surface area contributed by atoms with Crippen molar-refractivity contribution in [1.29, 1.82) is 0 Å². The van der Waals surface area contributed by atoms with Gasteiger partial charge < -0.3 is 10.5 Å². The third kappa shape index (κ3) is 3.25. The van der Waals surface area contributed by atoms with Crippen LogP contribution in [0.5, 0.6) is 5.75 Å². The molecule has 1 aromatic rings. The Labute approximate surface area is 111 Å². The topological polar surface area (TPSA) is 52.3 Å². The summed E-state index contributed by atoms with van der Waals surface area (Å²) in [5.74, 6) is 1.34. The molecule has 1 saturated carbocycles. The van der Waals surface area contributed by atoms with Crippen LogP contribution in [0, 0.1) is 0 Å². The van der Waals surface area contributed by atoms with Crippen molar-refractivity contribution in [2.24, 2.45) is 0 Å². The molecular formula is C14H21NO2S. The number of rotatable bonds is 4. The number of anilines is 1. The van der Waals surface area contributed by atoms with E-state index < -0.39 is 10.8 Å². The van der Waals surface area contributed by atoms with Gasteiger partial charge in [-0.05, 0) is 31.0 Å². The van der Waals surface area contributed by atoms with Gasteiger partial charge >= 0.3 is 0 Å². The van der Waals surface area contributed by atoms with Gasteiger partial charge in [-0.3, -0.25) is 4.21 Å². The maximum Gasteiger partial charge on any atom is 0.123 e. The van der Waals surface area contributed by atoms with Gasteiger partial charge in [0.25, 0.3) is 0 Å². The zero-order valence-electron chi connectivity index (χ0n) is 10.9. The van der Waals surface area contributed by atoms with Gasteiger partial charge in [-0.25, -0.2) is 0 Å². The fraction of sp³-hybridized carbons (Fsp3) is 0.571. The zero-order valence-corrected chi connectivity index (χ0v) is 11.7. The lowest BCUT2D eigenvalue weighted by Crippen LogP contribution is -2.20. The van der Waals surface area contributed by atoms with Crippen LogP contribution in [0.3, 0.4) is 0 Å².